The number of nitrogens with zero attached hydrogens (tertiary/aromatic N) is 1. The van der Waals surface area contributed by atoms with Crippen molar-refractivity contribution < 1.29 is 12.8 Å². The van der Waals surface area contributed by atoms with Crippen LogP contribution in [-0.4, -0.2) is 32.9 Å². The molecule has 0 saturated heterocycles. The van der Waals surface area contributed by atoms with Crippen molar-refractivity contribution in [3.8, 4) is 0 Å². The van der Waals surface area contributed by atoms with E-state index in [0.29, 0.717) is 25.4 Å². The van der Waals surface area contributed by atoms with Crippen LogP contribution in [0, 0.1) is 0 Å². The van der Waals surface area contributed by atoms with E-state index in [9.17, 15) is 8.42 Å². The number of hydrogen-bond donors (Lipinski definition) is 1. The largest absolute Gasteiger partial charge is 0.452 e. The second-order valence-corrected chi connectivity index (χ2v) is 6.10. The minimum Gasteiger partial charge on any atom is -0.452 e. The molecule has 1 N–H and O–H groups in total. The molecule has 0 spiro atoms. The van der Waals surface area contributed by atoms with Gasteiger partial charge in [-0.3, -0.25) is 0 Å². The Morgan fingerprint density at radius 1 is 1.41 bits per heavy atom. The lowest BCUT2D eigenvalue weighted by Crippen LogP contribution is -2.30. The van der Waals surface area contributed by atoms with Crippen LogP contribution in [-0.2, 0) is 16.6 Å². The second-order valence-electron chi connectivity index (χ2n) is 3.47. The van der Waals surface area contributed by atoms with Gasteiger partial charge in [0.05, 0.1) is 6.54 Å². The van der Waals surface area contributed by atoms with E-state index in [1.165, 1.54) is 4.31 Å². The molecule has 0 bridgehead atoms. The summed E-state index contributed by atoms with van der Waals surface area (Å²) < 4.78 is 31.5. The van der Waals surface area contributed by atoms with E-state index in [1.54, 1.807) is 13.1 Å². The number of hydrogen-bond acceptors (Lipinski definition) is 4. The van der Waals surface area contributed by atoms with Gasteiger partial charge < -0.3 is 9.73 Å². The third kappa shape index (κ3) is 3.09. The molecule has 0 unspecified atom stereocenters. The average Bonchev–Trinajstić information content (AvgIpc) is 2.62. The van der Waals surface area contributed by atoms with Gasteiger partial charge in [-0.25, -0.2) is 8.42 Å². The minimum absolute atomic E-state index is 0.187. The van der Waals surface area contributed by atoms with Gasteiger partial charge in [0, 0.05) is 19.2 Å². The molecule has 1 aromatic heterocycles. The molecule has 1 aromatic rings. The molecule has 0 aliphatic rings. The molecule has 0 aliphatic heterocycles. The van der Waals surface area contributed by atoms with E-state index >= 15 is 0 Å². The Morgan fingerprint density at radius 3 is 2.47 bits per heavy atom. The molecule has 0 aromatic carbocycles. The molecule has 0 aliphatic carbocycles. The number of halogens is 1. The van der Waals surface area contributed by atoms with Gasteiger partial charge in [0.1, 0.15) is 10.7 Å². The topological polar surface area (TPSA) is 62.6 Å². The first-order valence-corrected chi connectivity index (χ1v) is 7.63. The Hall–Kier alpha value is -0.370. The molecule has 1 rings (SSSR count). The average molecular weight is 325 g/mol. The molecule has 1 heterocycles. The molecule has 98 valence electrons. The van der Waals surface area contributed by atoms with Crippen LogP contribution in [0.2, 0.25) is 0 Å². The fourth-order valence-corrected chi connectivity index (χ4v) is 3.96. The maximum atomic E-state index is 12.2. The predicted molar refractivity (Wildman–Crippen MR) is 69.3 cm³/mol. The number of sulfonamides is 1. The van der Waals surface area contributed by atoms with E-state index in [0.717, 1.165) is 0 Å². The molecule has 17 heavy (non-hydrogen) atoms. The quantitative estimate of drug-likeness (QED) is 0.866. The Balaban J connectivity index is 3.14. The molecular weight excluding hydrogens is 308 g/mol. The van der Waals surface area contributed by atoms with Gasteiger partial charge in [0.25, 0.3) is 0 Å². The van der Waals surface area contributed by atoms with Crippen LogP contribution >= 0.6 is 15.9 Å². The summed E-state index contributed by atoms with van der Waals surface area (Å²) in [5.74, 6) is 0.588. The van der Waals surface area contributed by atoms with E-state index in [1.807, 2.05) is 13.8 Å². The predicted octanol–water partition coefficient (Wildman–Crippen LogP) is 1.79. The van der Waals surface area contributed by atoms with E-state index in [4.69, 9.17) is 4.42 Å². The van der Waals surface area contributed by atoms with Crippen LogP contribution in [0.3, 0.4) is 0 Å². The van der Waals surface area contributed by atoms with Gasteiger partial charge in [-0.1, -0.05) is 13.8 Å². The summed E-state index contributed by atoms with van der Waals surface area (Å²) in [5, 5.41) is 2.91. The maximum absolute atomic E-state index is 12.2. The van der Waals surface area contributed by atoms with Gasteiger partial charge in [0.15, 0.2) is 4.67 Å². The van der Waals surface area contributed by atoms with Crippen molar-refractivity contribution >= 4 is 26.0 Å². The van der Waals surface area contributed by atoms with E-state index in [2.05, 4.69) is 21.2 Å². The lowest BCUT2D eigenvalue weighted by molar-refractivity contribution is 0.439. The van der Waals surface area contributed by atoms with Gasteiger partial charge in [-0.2, -0.15) is 4.31 Å². The van der Waals surface area contributed by atoms with E-state index in [-0.39, 0.29) is 9.56 Å². The molecular formula is C10H17BrN2O3S. The Labute approximate surface area is 110 Å². The summed E-state index contributed by atoms with van der Waals surface area (Å²) in [4.78, 5) is 0.187. The van der Waals surface area contributed by atoms with Crippen LogP contribution in [0.25, 0.3) is 0 Å². The van der Waals surface area contributed by atoms with Crippen molar-refractivity contribution in [1.29, 1.82) is 0 Å². The fraction of sp³-hybridized carbons (Fsp3) is 0.600. The first-order chi connectivity index (χ1) is 7.97. The highest BCUT2D eigenvalue weighted by Gasteiger charge is 2.27. The first kappa shape index (κ1) is 14.7. The van der Waals surface area contributed by atoms with Gasteiger partial charge in [-0.05, 0) is 23.0 Å². The standard InChI is InChI=1S/C10H17BrN2O3S/c1-4-13(5-2)17(14,15)9-6-8(7-12-3)16-10(9)11/h6,12H,4-5,7H2,1-3H3. The molecule has 0 fully saturated rings. The third-order valence-electron chi connectivity index (χ3n) is 2.38. The van der Waals surface area contributed by atoms with E-state index < -0.39 is 10.0 Å². The Kier molecular flexibility index (Phi) is 5.18. The summed E-state index contributed by atoms with van der Waals surface area (Å²) in [5.41, 5.74) is 0. The first-order valence-electron chi connectivity index (χ1n) is 5.40. The summed E-state index contributed by atoms with van der Waals surface area (Å²) in [6, 6.07) is 1.55. The lowest BCUT2D eigenvalue weighted by Gasteiger charge is -2.17. The van der Waals surface area contributed by atoms with Crippen molar-refractivity contribution in [2.75, 3.05) is 20.1 Å². The van der Waals surface area contributed by atoms with Gasteiger partial charge in [0.2, 0.25) is 10.0 Å². The summed E-state index contributed by atoms with van der Waals surface area (Å²) in [6.07, 6.45) is 0. The molecule has 0 radical (unpaired) electrons. The van der Waals surface area contributed by atoms with Gasteiger partial charge in [-0.15, -0.1) is 0 Å². The summed E-state index contributed by atoms with van der Waals surface area (Å²) >= 11 is 3.15. The van der Waals surface area contributed by atoms with Gasteiger partial charge >= 0.3 is 0 Å². The summed E-state index contributed by atoms with van der Waals surface area (Å²) in [6.45, 7) is 5.00. The number of furan rings is 1. The smallest absolute Gasteiger partial charge is 0.247 e. The van der Waals surface area contributed by atoms with Crippen LogP contribution in [0.5, 0.6) is 0 Å². The highest BCUT2D eigenvalue weighted by Crippen LogP contribution is 2.28. The van der Waals surface area contributed by atoms with Crippen molar-refractivity contribution in [2.45, 2.75) is 25.3 Å². The van der Waals surface area contributed by atoms with Crippen LogP contribution < -0.4 is 5.32 Å². The SMILES string of the molecule is CCN(CC)S(=O)(=O)c1cc(CNC)oc1Br. The lowest BCUT2D eigenvalue weighted by atomic mass is 10.4. The van der Waals surface area contributed by atoms with Crippen LogP contribution in [0.15, 0.2) is 20.0 Å². The minimum atomic E-state index is -3.46. The molecule has 0 atom stereocenters. The molecule has 5 nitrogen and oxygen atoms in total. The van der Waals surface area contributed by atoms with Crippen LogP contribution in [0.1, 0.15) is 19.6 Å². The van der Waals surface area contributed by atoms with Crippen molar-refractivity contribution in [2.24, 2.45) is 0 Å². The Morgan fingerprint density at radius 2 is 2.00 bits per heavy atom. The summed E-state index contributed by atoms with van der Waals surface area (Å²) in [7, 11) is -1.69. The maximum Gasteiger partial charge on any atom is 0.247 e. The third-order valence-corrected chi connectivity index (χ3v) is 5.29. The molecule has 0 amide bonds. The zero-order chi connectivity index (χ0) is 13.1. The zero-order valence-electron chi connectivity index (χ0n) is 10.2. The van der Waals surface area contributed by atoms with Crippen molar-refractivity contribution in [1.82, 2.24) is 9.62 Å². The highest BCUT2D eigenvalue weighted by molar-refractivity contribution is 9.10. The van der Waals surface area contributed by atoms with Crippen molar-refractivity contribution in [3.63, 3.8) is 0 Å². The zero-order valence-corrected chi connectivity index (χ0v) is 12.6. The Bertz CT molecular complexity index is 466. The highest BCUT2D eigenvalue weighted by atomic mass is 79.9. The fourth-order valence-electron chi connectivity index (χ4n) is 1.54. The molecule has 0 saturated carbocycles. The number of nitrogens with one attached hydrogen (secondary N) is 1. The van der Waals surface area contributed by atoms with Crippen LogP contribution in [0.4, 0.5) is 0 Å². The molecule has 7 heteroatoms. The monoisotopic (exact) mass is 324 g/mol. The normalized spacial score (nSPS) is 12.3. The van der Waals surface area contributed by atoms with Crippen molar-refractivity contribution in [3.05, 3.63) is 16.5 Å². The number of rotatable bonds is 6. The second kappa shape index (κ2) is 5.99.